The third-order valence-electron chi connectivity index (χ3n) is 7.70. The highest BCUT2D eigenvalue weighted by atomic mass is 19.1. The van der Waals surface area contributed by atoms with E-state index < -0.39 is 0 Å². The average molecular weight is 400 g/mol. The van der Waals surface area contributed by atoms with Crippen LogP contribution in [-0.2, 0) is 18.3 Å². The van der Waals surface area contributed by atoms with Crippen LogP contribution in [0.4, 0.5) is 4.39 Å². The predicted octanol–water partition coefficient (Wildman–Crippen LogP) is 3.10. The van der Waals surface area contributed by atoms with Crippen LogP contribution in [0.5, 0.6) is 0 Å². The Morgan fingerprint density at radius 2 is 1.97 bits per heavy atom. The summed E-state index contributed by atoms with van der Waals surface area (Å²) in [5.74, 6) is -0.200. The molecule has 3 N–H and O–H groups in total. The van der Waals surface area contributed by atoms with E-state index in [1.54, 1.807) is 6.07 Å². The van der Waals surface area contributed by atoms with Crippen LogP contribution in [0.25, 0.3) is 22.5 Å². The van der Waals surface area contributed by atoms with Crippen molar-refractivity contribution in [2.24, 2.45) is 0 Å². The van der Waals surface area contributed by atoms with Crippen LogP contribution in [0.15, 0.2) is 36.5 Å². The molecule has 7 rings (SSSR count). The van der Waals surface area contributed by atoms with E-state index in [0.717, 1.165) is 78.1 Å². The number of aromatic amines is 1. The summed E-state index contributed by atoms with van der Waals surface area (Å²) in [6.07, 6.45) is 5.69. The summed E-state index contributed by atoms with van der Waals surface area (Å²) < 4.78 is 13.8. The van der Waals surface area contributed by atoms with E-state index in [4.69, 9.17) is 0 Å². The van der Waals surface area contributed by atoms with E-state index in [-0.39, 0.29) is 22.7 Å². The molecule has 150 valence electrons. The summed E-state index contributed by atoms with van der Waals surface area (Å²) in [4.78, 5) is 21.4. The lowest BCUT2D eigenvalue weighted by Gasteiger charge is -2.51. The zero-order valence-electron chi connectivity index (χ0n) is 16.4. The minimum atomic E-state index is -0.270. The fraction of sp³-hybridized carbons (Fsp3) is 0.333. The van der Waals surface area contributed by atoms with Crippen LogP contribution in [0.1, 0.15) is 40.0 Å². The second kappa shape index (κ2) is 5.38. The monoisotopic (exact) mass is 400 g/mol. The Balaban J connectivity index is 1.43. The maximum absolute atomic E-state index is 13.8. The van der Waals surface area contributed by atoms with Crippen LogP contribution < -0.4 is 10.6 Å². The summed E-state index contributed by atoms with van der Waals surface area (Å²) in [7, 11) is 0. The van der Waals surface area contributed by atoms with E-state index in [2.05, 4.69) is 20.6 Å². The lowest BCUT2D eigenvalue weighted by Crippen LogP contribution is -2.71. The number of H-pyrrole nitrogens is 1. The molecule has 4 heterocycles. The Labute approximate surface area is 173 Å². The average Bonchev–Trinajstić information content (AvgIpc) is 3.35. The molecule has 5 nitrogen and oxygen atoms in total. The highest BCUT2D eigenvalue weighted by Crippen LogP contribution is 2.57. The number of pyridine rings is 1. The second-order valence-corrected chi connectivity index (χ2v) is 9.19. The number of aromatic nitrogens is 2. The van der Waals surface area contributed by atoms with Gasteiger partial charge in [0.05, 0.1) is 27.9 Å². The van der Waals surface area contributed by atoms with E-state index >= 15 is 0 Å². The third-order valence-corrected chi connectivity index (χ3v) is 7.70. The van der Waals surface area contributed by atoms with Gasteiger partial charge in [-0.05, 0) is 55.0 Å². The van der Waals surface area contributed by atoms with Gasteiger partial charge in [-0.15, -0.1) is 0 Å². The molecule has 2 aliphatic heterocycles. The van der Waals surface area contributed by atoms with Gasteiger partial charge < -0.3 is 15.6 Å². The van der Waals surface area contributed by atoms with Gasteiger partial charge in [-0.25, -0.2) is 4.39 Å². The van der Waals surface area contributed by atoms with Gasteiger partial charge in [-0.3, -0.25) is 9.78 Å². The predicted molar refractivity (Wildman–Crippen MR) is 111 cm³/mol. The van der Waals surface area contributed by atoms with Crippen LogP contribution in [-0.4, -0.2) is 34.5 Å². The summed E-state index contributed by atoms with van der Waals surface area (Å²) >= 11 is 0. The van der Waals surface area contributed by atoms with Crippen molar-refractivity contribution in [3.8, 4) is 22.5 Å². The molecule has 0 radical (unpaired) electrons. The molecule has 1 amide bonds. The Bertz CT molecular complexity index is 1250. The number of hydrogen-bond donors (Lipinski definition) is 3. The van der Waals surface area contributed by atoms with E-state index in [1.807, 2.05) is 18.3 Å². The molecular weight excluding hydrogens is 379 g/mol. The van der Waals surface area contributed by atoms with Gasteiger partial charge in [0.1, 0.15) is 5.82 Å². The van der Waals surface area contributed by atoms with Crippen molar-refractivity contribution in [2.45, 2.75) is 36.6 Å². The number of aryl methyl sites for hydroxylation is 1. The van der Waals surface area contributed by atoms with Crippen molar-refractivity contribution in [1.82, 2.24) is 20.6 Å². The van der Waals surface area contributed by atoms with Crippen LogP contribution in [0.2, 0.25) is 0 Å². The molecule has 0 unspecified atom stereocenters. The zero-order valence-corrected chi connectivity index (χ0v) is 16.4. The van der Waals surface area contributed by atoms with Crippen LogP contribution in [0, 0.1) is 5.82 Å². The smallest absolute Gasteiger partial charge is 0.253 e. The van der Waals surface area contributed by atoms with Gasteiger partial charge in [-0.1, -0.05) is 12.1 Å². The molecule has 2 fully saturated rings. The van der Waals surface area contributed by atoms with Gasteiger partial charge >= 0.3 is 0 Å². The molecule has 4 aliphatic rings. The Morgan fingerprint density at radius 1 is 1.10 bits per heavy atom. The molecule has 0 bridgehead atoms. The minimum absolute atomic E-state index is 0.0217. The lowest BCUT2D eigenvalue weighted by atomic mass is 9.66. The summed E-state index contributed by atoms with van der Waals surface area (Å²) in [5, 5.41) is 6.81. The number of rotatable bonds is 1. The topological polar surface area (TPSA) is 69.8 Å². The van der Waals surface area contributed by atoms with Gasteiger partial charge in [-0.2, -0.15) is 0 Å². The summed E-state index contributed by atoms with van der Waals surface area (Å²) in [6, 6.07) is 8.58. The van der Waals surface area contributed by atoms with Gasteiger partial charge in [0.2, 0.25) is 0 Å². The Morgan fingerprint density at radius 3 is 2.70 bits per heavy atom. The first-order chi connectivity index (χ1) is 14.6. The second-order valence-electron chi connectivity index (χ2n) is 9.19. The summed E-state index contributed by atoms with van der Waals surface area (Å²) in [6.45, 7) is 1.80. The molecule has 3 aromatic rings. The highest BCUT2D eigenvalue weighted by molar-refractivity contribution is 6.02. The van der Waals surface area contributed by atoms with Crippen molar-refractivity contribution in [2.75, 3.05) is 13.1 Å². The van der Waals surface area contributed by atoms with Gasteiger partial charge in [0, 0.05) is 36.1 Å². The number of nitrogens with one attached hydrogen (secondary N) is 3. The normalized spacial score (nSPS) is 21.4. The van der Waals surface area contributed by atoms with Crippen molar-refractivity contribution >= 4 is 5.91 Å². The number of fused-ring (bicyclic) bond motifs is 7. The molecule has 2 aliphatic carbocycles. The van der Waals surface area contributed by atoms with Gasteiger partial charge in [0.15, 0.2) is 0 Å². The maximum Gasteiger partial charge on any atom is 0.253 e. The molecule has 0 atom stereocenters. The Hall–Kier alpha value is -2.99. The van der Waals surface area contributed by atoms with Crippen molar-refractivity contribution in [3.05, 3.63) is 64.7 Å². The van der Waals surface area contributed by atoms with Crippen molar-refractivity contribution < 1.29 is 9.18 Å². The molecule has 2 aromatic heterocycles. The van der Waals surface area contributed by atoms with Crippen LogP contribution >= 0.6 is 0 Å². The first kappa shape index (κ1) is 16.8. The first-order valence-electron chi connectivity index (χ1n) is 10.6. The summed E-state index contributed by atoms with van der Waals surface area (Å²) in [5.41, 5.74) is 7.79. The molecule has 1 saturated heterocycles. The number of hydrogen-bond acceptors (Lipinski definition) is 3. The molecule has 1 saturated carbocycles. The molecule has 2 spiro atoms. The number of halogens is 1. The molecule has 1 aromatic carbocycles. The fourth-order valence-corrected chi connectivity index (χ4v) is 5.87. The largest absolute Gasteiger partial charge is 0.357 e. The Kier molecular flexibility index (Phi) is 3.01. The lowest BCUT2D eigenvalue weighted by molar-refractivity contribution is 0.0811. The number of amides is 1. The number of carbonyl (C=O) groups is 1. The minimum Gasteiger partial charge on any atom is -0.357 e. The number of nitrogens with zero attached hydrogens (tertiary/aromatic N) is 1. The molecule has 6 heteroatoms. The molecular formula is C24H21FN4O. The number of carbonyl (C=O) groups excluding carboxylic acids is 1. The van der Waals surface area contributed by atoms with Gasteiger partial charge in [0.25, 0.3) is 5.91 Å². The zero-order chi connectivity index (χ0) is 20.1. The standard InChI is InChI=1S/C24H21FN4O/c25-15-3-1-2-13(8-15)18-9-17-14(10-27-18)4-5-16-19-21(28-20(16)17)23(11-26-12-23)24(6-7-24)29-22(19)30/h1-3,8-10,26,28H,4-7,11-12H2,(H,29,30). The van der Waals surface area contributed by atoms with Crippen molar-refractivity contribution in [1.29, 1.82) is 0 Å². The quantitative estimate of drug-likeness (QED) is 0.588. The SMILES string of the molecule is O=C1NC2(CC2)C2(CNC2)c2[nH]c3c(c21)CCc1cnc(-c2cccc(F)c2)cc1-3. The first-order valence-corrected chi connectivity index (χ1v) is 10.6. The third kappa shape index (κ3) is 1.95. The highest BCUT2D eigenvalue weighted by Gasteiger charge is 2.67. The van der Waals surface area contributed by atoms with Crippen LogP contribution in [0.3, 0.4) is 0 Å². The fourth-order valence-electron chi connectivity index (χ4n) is 5.87. The maximum atomic E-state index is 13.8. The molecule has 30 heavy (non-hydrogen) atoms. The van der Waals surface area contributed by atoms with Crippen molar-refractivity contribution in [3.63, 3.8) is 0 Å². The van der Waals surface area contributed by atoms with E-state index in [1.165, 1.54) is 17.7 Å². The number of benzene rings is 1. The van der Waals surface area contributed by atoms with E-state index in [0.29, 0.717) is 0 Å². The van der Waals surface area contributed by atoms with E-state index in [9.17, 15) is 9.18 Å².